The van der Waals surface area contributed by atoms with Crippen molar-refractivity contribution in [1.29, 1.82) is 0 Å². The molecule has 3 amide bonds. The first-order valence-corrected chi connectivity index (χ1v) is 6.59. The average Bonchev–Trinajstić information content (AvgIpc) is 2.44. The van der Waals surface area contributed by atoms with Crippen LogP contribution >= 0.6 is 0 Å². The predicted octanol–water partition coefficient (Wildman–Crippen LogP) is 1.31. The van der Waals surface area contributed by atoms with Crippen LogP contribution in [-0.4, -0.2) is 37.0 Å². The van der Waals surface area contributed by atoms with Gasteiger partial charge in [-0.25, -0.2) is 4.79 Å². The fraction of sp³-hybridized carbons (Fsp3) is 0.429. The number of anilines is 1. The normalized spacial score (nSPS) is 11.8. The summed E-state index contributed by atoms with van der Waals surface area (Å²) in [6, 6.07) is 7.48. The molecule has 0 saturated heterocycles. The van der Waals surface area contributed by atoms with Crippen LogP contribution in [0.2, 0.25) is 0 Å². The molecule has 0 aliphatic carbocycles. The van der Waals surface area contributed by atoms with Gasteiger partial charge in [0.15, 0.2) is 0 Å². The molecule has 0 aliphatic heterocycles. The Kier molecular flexibility index (Phi) is 5.99. The quantitative estimate of drug-likeness (QED) is 0.733. The molecule has 20 heavy (non-hydrogen) atoms. The van der Waals surface area contributed by atoms with E-state index < -0.39 is 5.91 Å². The highest BCUT2D eigenvalue weighted by Gasteiger charge is 2.13. The van der Waals surface area contributed by atoms with Crippen LogP contribution in [0.25, 0.3) is 0 Å². The van der Waals surface area contributed by atoms with E-state index in [1.54, 1.807) is 6.92 Å². The summed E-state index contributed by atoms with van der Waals surface area (Å²) in [6.07, 6.45) is 0. The topological polar surface area (TPSA) is 87.5 Å². The molecule has 0 spiro atoms. The monoisotopic (exact) mass is 278 g/mol. The first-order chi connectivity index (χ1) is 9.47. The van der Waals surface area contributed by atoms with Crippen LogP contribution in [0.4, 0.5) is 10.5 Å². The summed E-state index contributed by atoms with van der Waals surface area (Å²) < 4.78 is 0. The van der Waals surface area contributed by atoms with Crippen molar-refractivity contribution < 1.29 is 9.59 Å². The largest absolute Gasteiger partial charge is 0.368 e. The van der Waals surface area contributed by atoms with E-state index in [-0.39, 0.29) is 18.6 Å². The number of nitrogens with two attached hydrogens (primary N) is 1. The molecular formula is C14H22N4O2. The summed E-state index contributed by atoms with van der Waals surface area (Å²) in [6.45, 7) is 4.18. The number of hydrogen-bond acceptors (Lipinski definition) is 3. The number of urea groups is 1. The molecule has 0 aromatic heterocycles. The number of amides is 3. The van der Waals surface area contributed by atoms with Crippen LogP contribution in [0, 0.1) is 0 Å². The van der Waals surface area contributed by atoms with Gasteiger partial charge in [-0.1, -0.05) is 12.1 Å². The number of nitrogens with one attached hydrogen (secondary N) is 2. The number of carbonyl (C=O) groups is 2. The maximum Gasteiger partial charge on any atom is 0.322 e. The van der Waals surface area contributed by atoms with Gasteiger partial charge in [0.05, 0.1) is 0 Å². The van der Waals surface area contributed by atoms with Crippen LogP contribution < -0.4 is 16.4 Å². The lowest BCUT2D eigenvalue weighted by atomic mass is 10.1. The second-order valence-corrected chi connectivity index (χ2v) is 4.54. The van der Waals surface area contributed by atoms with E-state index in [2.05, 4.69) is 17.6 Å². The minimum atomic E-state index is -0.528. The average molecular weight is 278 g/mol. The Bertz CT molecular complexity index is 459. The summed E-state index contributed by atoms with van der Waals surface area (Å²) in [4.78, 5) is 24.2. The van der Waals surface area contributed by atoms with E-state index in [9.17, 15) is 9.59 Å². The lowest BCUT2D eigenvalue weighted by Crippen LogP contribution is -2.40. The van der Waals surface area contributed by atoms with Crippen molar-refractivity contribution in [2.24, 2.45) is 5.73 Å². The van der Waals surface area contributed by atoms with Gasteiger partial charge < -0.3 is 21.3 Å². The van der Waals surface area contributed by atoms with Crippen LogP contribution in [0.1, 0.15) is 25.5 Å². The zero-order valence-electron chi connectivity index (χ0n) is 12.1. The van der Waals surface area contributed by atoms with E-state index in [1.165, 1.54) is 4.90 Å². The molecule has 1 rings (SSSR count). The van der Waals surface area contributed by atoms with Gasteiger partial charge in [-0.2, -0.15) is 0 Å². The molecule has 0 bridgehead atoms. The number of benzene rings is 1. The van der Waals surface area contributed by atoms with Gasteiger partial charge >= 0.3 is 6.03 Å². The number of hydrogen-bond donors (Lipinski definition) is 3. The molecule has 0 saturated carbocycles. The number of primary amides is 1. The van der Waals surface area contributed by atoms with Gasteiger partial charge in [-0.15, -0.1) is 0 Å². The highest BCUT2D eigenvalue weighted by atomic mass is 16.2. The van der Waals surface area contributed by atoms with Crippen LogP contribution in [0.15, 0.2) is 24.3 Å². The standard InChI is InChI=1S/C14H22N4O2/c1-4-18(9-13(15)19)14(20)17-12-7-5-11(6-8-12)10(2)16-3/h5-8,10,16H,4,9H2,1-3H3,(H2,15,19)(H,17,20). The Morgan fingerprint density at radius 2 is 1.90 bits per heavy atom. The lowest BCUT2D eigenvalue weighted by molar-refractivity contribution is -0.118. The zero-order chi connectivity index (χ0) is 15.1. The third kappa shape index (κ3) is 4.55. The van der Waals surface area contributed by atoms with E-state index in [4.69, 9.17) is 5.73 Å². The zero-order valence-corrected chi connectivity index (χ0v) is 12.1. The molecule has 1 aromatic rings. The molecule has 1 unspecified atom stereocenters. The number of carbonyl (C=O) groups excluding carboxylic acids is 2. The Balaban J connectivity index is 2.68. The molecule has 6 nitrogen and oxygen atoms in total. The van der Waals surface area contributed by atoms with Gasteiger partial charge in [-0.3, -0.25) is 4.79 Å². The molecule has 0 fully saturated rings. The fourth-order valence-electron chi connectivity index (χ4n) is 1.74. The fourth-order valence-corrected chi connectivity index (χ4v) is 1.74. The summed E-state index contributed by atoms with van der Waals surface area (Å²) in [7, 11) is 1.89. The third-order valence-corrected chi connectivity index (χ3v) is 3.11. The van der Waals surface area contributed by atoms with Crippen molar-refractivity contribution in [3.63, 3.8) is 0 Å². The molecule has 1 atom stereocenters. The Hall–Kier alpha value is -2.08. The van der Waals surface area contributed by atoms with Gasteiger partial charge in [0.25, 0.3) is 0 Å². The maximum absolute atomic E-state index is 11.9. The highest BCUT2D eigenvalue weighted by molar-refractivity contribution is 5.92. The van der Waals surface area contributed by atoms with Crippen LogP contribution in [0.3, 0.4) is 0 Å². The minimum Gasteiger partial charge on any atom is -0.368 e. The molecule has 4 N–H and O–H groups in total. The predicted molar refractivity (Wildman–Crippen MR) is 79.4 cm³/mol. The van der Waals surface area contributed by atoms with Crippen molar-refractivity contribution in [1.82, 2.24) is 10.2 Å². The summed E-state index contributed by atoms with van der Waals surface area (Å²) in [5, 5.41) is 5.88. The Morgan fingerprint density at radius 3 is 2.35 bits per heavy atom. The number of nitrogens with zero attached hydrogens (tertiary/aromatic N) is 1. The molecule has 0 radical (unpaired) electrons. The molecule has 1 aromatic carbocycles. The van der Waals surface area contributed by atoms with Gasteiger partial charge in [0.1, 0.15) is 6.54 Å². The first-order valence-electron chi connectivity index (χ1n) is 6.59. The summed E-state index contributed by atoms with van der Waals surface area (Å²) >= 11 is 0. The highest BCUT2D eigenvalue weighted by Crippen LogP contribution is 2.15. The SMILES string of the molecule is CCN(CC(N)=O)C(=O)Nc1ccc(C(C)NC)cc1. The third-order valence-electron chi connectivity index (χ3n) is 3.11. The minimum absolute atomic E-state index is 0.0861. The molecule has 6 heteroatoms. The van der Waals surface area contributed by atoms with Crippen molar-refractivity contribution in [3.8, 4) is 0 Å². The van der Waals surface area contributed by atoms with Crippen molar-refractivity contribution in [2.75, 3.05) is 25.5 Å². The van der Waals surface area contributed by atoms with Gasteiger partial charge in [-0.05, 0) is 38.6 Å². The molecule has 110 valence electrons. The van der Waals surface area contributed by atoms with Crippen molar-refractivity contribution in [3.05, 3.63) is 29.8 Å². The van der Waals surface area contributed by atoms with Crippen molar-refractivity contribution >= 4 is 17.6 Å². The number of likely N-dealkylation sites (N-methyl/N-ethyl adjacent to an activating group) is 1. The second-order valence-electron chi connectivity index (χ2n) is 4.54. The number of rotatable bonds is 6. The van der Waals surface area contributed by atoms with E-state index in [0.29, 0.717) is 12.2 Å². The first kappa shape index (κ1) is 16.0. The second kappa shape index (κ2) is 7.49. The summed E-state index contributed by atoms with van der Waals surface area (Å²) in [5.41, 5.74) is 6.92. The lowest BCUT2D eigenvalue weighted by Gasteiger charge is -2.20. The van der Waals surface area contributed by atoms with E-state index in [1.807, 2.05) is 31.3 Å². The Labute approximate surface area is 119 Å². The van der Waals surface area contributed by atoms with E-state index >= 15 is 0 Å². The van der Waals surface area contributed by atoms with Crippen molar-refractivity contribution in [2.45, 2.75) is 19.9 Å². The summed E-state index contributed by atoms with van der Waals surface area (Å²) in [5.74, 6) is -0.528. The smallest absolute Gasteiger partial charge is 0.322 e. The molecule has 0 aliphatic rings. The van der Waals surface area contributed by atoms with Crippen LogP contribution in [0.5, 0.6) is 0 Å². The molecule has 0 heterocycles. The van der Waals surface area contributed by atoms with Gasteiger partial charge in [0, 0.05) is 18.3 Å². The van der Waals surface area contributed by atoms with E-state index in [0.717, 1.165) is 5.56 Å². The maximum atomic E-state index is 11.9. The Morgan fingerprint density at radius 1 is 1.30 bits per heavy atom. The van der Waals surface area contributed by atoms with Crippen LogP contribution in [-0.2, 0) is 4.79 Å². The van der Waals surface area contributed by atoms with Gasteiger partial charge in [0.2, 0.25) is 5.91 Å². The molecular weight excluding hydrogens is 256 g/mol.